The van der Waals surface area contributed by atoms with Crippen molar-refractivity contribution in [1.29, 1.82) is 0 Å². The van der Waals surface area contributed by atoms with E-state index < -0.39 is 0 Å². The first-order valence-electron chi connectivity index (χ1n) is 8.27. The van der Waals surface area contributed by atoms with E-state index in [1.54, 1.807) is 0 Å². The van der Waals surface area contributed by atoms with Crippen molar-refractivity contribution in [1.82, 2.24) is 10.2 Å². The van der Waals surface area contributed by atoms with E-state index >= 15 is 0 Å². The topological polar surface area (TPSA) is 32.3 Å². The van der Waals surface area contributed by atoms with Crippen molar-refractivity contribution in [3.63, 3.8) is 0 Å². The van der Waals surface area contributed by atoms with Gasteiger partial charge in [0, 0.05) is 6.04 Å². The molecule has 1 N–H and O–H groups in total. The number of rotatable bonds is 4. The van der Waals surface area contributed by atoms with Crippen molar-refractivity contribution in [2.24, 2.45) is 0 Å². The Balaban J connectivity index is 1.94. The average molecular weight is 286 g/mol. The van der Waals surface area contributed by atoms with Crippen LogP contribution in [0.1, 0.15) is 61.9 Å². The fraction of sp³-hybridized carbons (Fsp3) is 0.611. The zero-order valence-electron chi connectivity index (χ0n) is 13.4. The third kappa shape index (κ3) is 2.59. The van der Waals surface area contributed by atoms with Gasteiger partial charge in [-0.1, -0.05) is 37.1 Å². The molecule has 1 heterocycles. The van der Waals surface area contributed by atoms with Crippen LogP contribution in [0.3, 0.4) is 0 Å². The number of benzene rings is 1. The fourth-order valence-corrected chi connectivity index (χ4v) is 3.49. The van der Waals surface area contributed by atoms with Crippen LogP contribution >= 0.6 is 0 Å². The number of nitrogens with one attached hydrogen (secondary N) is 1. The summed E-state index contributed by atoms with van der Waals surface area (Å²) in [5, 5.41) is 3.60. The highest BCUT2D eigenvalue weighted by atomic mass is 16.2. The Labute approximate surface area is 127 Å². The fourth-order valence-electron chi connectivity index (χ4n) is 3.49. The van der Waals surface area contributed by atoms with E-state index in [0.29, 0.717) is 11.9 Å². The summed E-state index contributed by atoms with van der Waals surface area (Å²) in [6.45, 7) is 6.41. The largest absolute Gasteiger partial charge is 0.319 e. The quantitative estimate of drug-likeness (QED) is 0.919. The van der Waals surface area contributed by atoms with Crippen molar-refractivity contribution >= 4 is 5.91 Å². The van der Waals surface area contributed by atoms with Crippen LogP contribution in [-0.2, 0) is 4.79 Å². The van der Waals surface area contributed by atoms with E-state index in [2.05, 4.69) is 49.2 Å². The van der Waals surface area contributed by atoms with Crippen molar-refractivity contribution < 1.29 is 4.79 Å². The molecule has 1 amide bonds. The predicted octanol–water partition coefficient (Wildman–Crippen LogP) is 3.46. The Morgan fingerprint density at radius 2 is 2.05 bits per heavy atom. The van der Waals surface area contributed by atoms with Gasteiger partial charge in [0.25, 0.3) is 0 Å². The number of hydrogen-bond acceptors (Lipinski definition) is 2. The number of hydrogen-bond donors (Lipinski definition) is 1. The Morgan fingerprint density at radius 1 is 1.29 bits per heavy atom. The molecule has 1 aromatic rings. The van der Waals surface area contributed by atoms with Crippen LogP contribution in [0.4, 0.5) is 0 Å². The van der Waals surface area contributed by atoms with E-state index in [1.807, 2.05) is 0 Å². The summed E-state index contributed by atoms with van der Waals surface area (Å²) in [7, 11) is 0. The summed E-state index contributed by atoms with van der Waals surface area (Å²) >= 11 is 0. The molecular formula is C18H26N2O. The summed E-state index contributed by atoms with van der Waals surface area (Å²) in [4.78, 5) is 14.9. The molecule has 0 spiro atoms. The van der Waals surface area contributed by atoms with Crippen LogP contribution in [0.5, 0.6) is 0 Å². The predicted molar refractivity (Wildman–Crippen MR) is 85.0 cm³/mol. The molecule has 2 fully saturated rings. The first kappa shape index (κ1) is 14.6. The first-order valence-corrected chi connectivity index (χ1v) is 8.27. The molecule has 2 unspecified atom stereocenters. The molecule has 2 aliphatic rings. The maximum absolute atomic E-state index is 12.8. The van der Waals surface area contributed by atoms with Crippen LogP contribution in [0, 0.1) is 13.8 Å². The van der Waals surface area contributed by atoms with Gasteiger partial charge in [0.05, 0.1) is 6.04 Å². The lowest BCUT2D eigenvalue weighted by Crippen LogP contribution is -2.44. The minimum absolute atomic E-state index is 0.000474. The zero-order valence-corrected chi connectivity index (χ0v) is 13.4. The van der Waals surface area contributed by atoms with Gasteiger partial charge in [-0.05, 0) is 50.7 Å². The molecule has 0 radical (unpaired) electrons. The highest BCUT2D eigenvalue weighted by molar-refractivity contribution is 5.85. The number of aryl methyl sites for hydroxylation is 2. The molecule has 1 saturated carbocycles. The lowest BCUT2D eigenvalue weighted by atomic mass is 9.90. The zero-order chi connectivity index (χ0) is 15.0. The molecule has 1 aliphatic carbocycles. The Morgan fingerprint density at radius 3 is 2.67 bits per heavy atom. The molecule has 1 saturated heterocycles. The summed E-state index contributed by atoms with van der Waals surface area (Å²) in [5.41, 5.74) is 3.80. The average Bonchev–Trinajstić information content (AvgIpc) is 2.70. The molecule has 0 aromatic heterocycles. The van der Waals surface area contributed by atoms with Gasteiger partial charge >= 0.3 is 0 Å². The number of carbonyl (C=O) groups excluding carboxylic acids is 1. The van der Waals surface area contributed by atoms with Crippen LogP contribution in [0.15, 0.2) is 18.2 Å². The SMILES string of the molecule is CCCC1NC(c2cc(C)ccc2C)N(C2CCC2)C1=O. The van der Waals surface area contributed by atoms with E-state index in [-0.39, 0.29) is 12.2 Å². The molecule has 0 bridgehead atoms. The number of carbonyl (C=O) groups is 1. The molecule has 3 nitrogen and oxygen atoms in total. The third-order valence-corrected chi connectivity index (χ3v) is 4.96. The van der Waals surface area contributed by atoms with Gasteiger partial charge in [0.2, 0.25) is 5.91 Å². The molecular weight excluding hydrogens is 260 g/mol. The monoisotopic (exact) mass is 286 g/mol. The van der Waals surface area contributed by atoms with Gasteiger partial charge in [-0.2, -0.15) is 0 Å². The lowest BCUT2D eigenvalue weighted by molar-refractivity contribution is -0.134. The van der Waals surface area contributed by atoms with Crippen molar-refractivity contribution in [2.75, 3.05) is 0 Å². The normalized spacial score (nSPS) is 26.2. The Bertz CT molecular complexity index is 536. The molecule has 3 heteroatoms. The molecule has 1 aliphatic heterocycles. The standard InChI is InChI=1S/C18H26N2O/c1-4-6-16-18(21)20(14-7-5-8-14)17(19-16)15-11-12(2)9-10-13(15)3/h9-11,14,16-17,19H,4-8H2,1-3H3. The summed E-state index contributed by atoms with van der Waals surface area (Å²) in [6.07, 6.45) is 5.62. The first-order chi connectivity index (χ1) is 10.1. The van der Waals surface area contributed by atoms with Crippen LogP contribution < -0.4 is 5.32 Å². The second-order valence-electron chi connectivity index (χ2n) is 6.60. The second-order valence-corrected chi connectivity index (χ2v) is 6.60. The van der Waals surface area contributed by atoms with E-state index in [9.17, 15) is 4.79 Å². The summed E-state index contributed by atoms with van der Waals surface area (Å²) in [5.74, 6) is 0.312. The van der Waals surface area contributed by atoms with Crippen molar-refractivity contribution in [2.45, 2.75) is 71.1 Å². The smallest absolute Gasteiger partial charge is 0.241 e. The summed E-state index contributed by atoms with van der Waals surface area (Å²) < 4.78 is 0. The van der Waals surface area contributed by atoms with Crippen LogP contribution in [0.25, 0.3) is 0 Å². The maximum Gasteiger partial charge on any atom is 0.241 e. The Hall–Kier alpha value is -1.35. The van der Waals surface area contributed by atoms with Crippen LogP contribution in [-0.4, -0.2) is 22.9 Å². The highest BCUT2D eigenvalue weighted by Gasteiger charge is 2.44. The van der Waals surface area contributed by atoms with E-state index in [0.717, 1.165) is 25.7 Å². The van der Waals surface area contributed by atoms with Gasteiger partial charge < -0.3 is 4.90 Å². The van der Waals surface area contributed by atoms with E-state index in [4.69, 9.17) is 0 Å². The molecule has 21 heavy (non-hydrogen) atoms. The number of amides is 1. The van der Waals surface area contributed by atoms with E-state index in [1.165, 1.54) is 23.1 Å². The van der Waals surface area contributed by atoms with Crippen molar-refractivity contribution in [3.05, 3.63) is 34.9 Å². The van der Waals surface area contributed by atoms with Gasteiger partial charge in [0.15, 0.2) is 0 Å². The summed E-state index contributed by atoms with van der Waals surface area (Å²) in [6, 6.07) is 6.99. The molecule has 114 valence electrons. The molecule has 1 aromatic carbocycles. The molecule has 2 atom stereocenters. The third-order valence-electron chi connectivity index (χ3n) is 4.96. The van der Waals surface area contributed by atoms with Crippen LogP contribution in [0.2, 0.25) is 0 Å². The second kappa shape index (κ2) is 5.80. The van der Waals surface area contributed by atoms with Gasteiger partial charge in [-0.15, -0.1) is 0 Å². The Kier molecular flexibility index (Phi) is 4.03. The minimum atomic E-state index is 0.000474. The minimum Gasteiger partial charge on any atom is -0.319 e. The lowest BCUT2D eigenvalue weighted by Gasteiger charge is -2.38. The van der Waals surface area contributed by atoms with Gasteiger partial charge in [-0.25, -0.2) is 0 Å². The van der Waals surface area contributed by atoms with Crippen molar-refractivity contribution in [3.8, 4) is 0 Å². The van der Waals surface area contributed by atoms with Gasteiger partial charge in [0.1, 0.15) is 6.17 Å². The molecule has 3 rings (SSSR count). The van der Waals surface area contributed by atoms with Gasteiger partial charge in [-0.3, -0.25) is 10.1 Å². The highest BCUT2D eigenvalue weighted by Crippen LogP contribution is 2.37. The maximum atomic E-state index is 12.8. The number of nitrogens with zero attached hydrogens (tertiary/aromatic N) is 1.